The Bertz CT molecular complexity index is 1280. The molecule has 0 heterocycles. The molecule has 3 aromatic carbocycles. The van der Waals surface area contributed by atoms with Gasteiger partial charge in [0.15, 0.2) is 23.1 Å². The summed E-state index contributed by atoms with van der Waals surface area (Å²) in [4.78, 5) is 35.9. The van der Waals surface area contributed by atoms with E-state index in [9.17, 15) is 19.7 Å². The van der Waals surface area contributed by atoms with E-state index in [4.69, 9.17) is 9.47 Å². The summed E-state index contributed by atoms with van der Waals surface area (Å²) in [6.07, 6.45) is 1.54. The number of rotatable bonds is 7. The SMILES string of the molecule is CCOc1cc(C=C2C(=O)c3ccccc3C2=O)cc(Br)c1OCc1cccc([N+](=O)[O-])c1. The maximum atomic E-state index is 12.7. The first-order valence-corrected chi connectivity index (χ1v) is 10.9. The molecule has 0 aromatic heterocycles. The highest BCUT2D eigenvalue weighted by Crippen LogP contribution is 2.39. The number of ketones is 2. The number of benzene rings is 3. The van der Waals surface area contributed by atoms with Crippen LogP contribution in [0, 0.1) is 10.1 Å². The van der Waals surface area contributed by atoms with Crippen molar-refractivity contribution >= 4 is 39.3 Å². The van der Waals surface area contributed by atoms with Crippen molar-refractivity contribution in [2.75, 3.05) is 6.61 Å². The molecular formula is C25H18BrNO6. The first kappa shape index (κ1) is 22.4. The lowest BCUT2D eigenvalue weighted by Gasteiger charge is -2.15. The minimum absolute atomic E-state index is 0.0194. The van der Waals surface area contributed by atoms with Crippen LogP contribution in [0.25, 0.3) is 6.08 Å². The van der Waals surface area contributed by atoms with Crippen LogP contribution in [0.4, 0.5) is 5.69 Å². The molecule has 0 unspecified atom stereocenters. The van der Waals surface area contributed by atoms with Gasteiger partial charge in [0.05, 0.1) is 21.6 Å². The summed E-state index contributed by atoms with van der Waals surface area (Å²) in [7, 11) is 0. The molecule has 0 atom stereocenters. The van der Waals surface area contributed by atoms with E-state index in [1.807, 2.05) is 6.92 Å². The molecule has 166 valence electrons. The maximum absolute atomic E-state index is 12.7. The summed E-state index contributed by atoms with van der Waals surface area (Å²) < 4.78 is 12.2. The number of allylic oxidation sites excluding steroid dienone is 1. The summed E-state index contributed by atoms with van der Waals surface area (Å²) in [5.74, 6) is 0.212. The Hall–Kier alpha value is -3.78. The summed E-state index contributed by atoms with van der Waals surface area (Å²) in [6.45, 7) is 2.28. The molecule has 0 radical (unpaired) electrons. The van der Waals surface area contributed by atoms with E-state index in [0.717, 1.165) is 0 Å². The molecule has 0 saturated carbocycles. The Kier molecular flexibility index (Phi) is 6.37. The van der Waals surface area contributed by atoms with Crippen LogP contribution in [0.5, 0.6) is 11.5 Å². The fourth-order valence-electron chi connectivity index (χ4n) is 3.56. The van der Waals surface area contributed by atoms with Crippen LogP contribution >= 0.6 is 15.9 Å². The summed E-state index contributed by atoms with van der Waals surface area (Å²) >= 11 is 3.47. The average molecular weight is 508 g/mol. The minimum Gasteiger partial charge on any atom is -0.490 e. The van der Waals surface area contributed by atoms with Crippen molar-refractivity contribution in [3.05, 3.63) is 103 Å². The number of hydrogen-bond donors (Lipinski definition) is 0. The van der Waals surface area contributed by atoms with E-state index < -0.39 is 4.92 Å². The molecule has 8 heteroatoms. The predicted molar refractivity (Wildman–Crippen MR) is 126 cm³/mol. The number of carbonyl (C=O) groups excluding carboxylic acids is 2. The Morgan fingerprint density at radius 1 is 0.970 bits per heavy atom. The fourth-order valence-corrected chi connectivity index (χ4v) is 4.13. The molecule has 0 bridgehead atoms. The van der Waals surface area contributed by atoms with Crippen molar-refractivity contribution in [3.63, 3.8) is 0 Å². The van der Waals surface area contributed by atoms with E-state index in [2.05, 4.69) is 15.9 Å². The largest absolute Gasteiger partial charge is 0.490 e. The Balaban J connectivity index is 1.63. The monoisotopic (exact) mass is 507 g/mol. The van der Waals surface area contributed by atoms with Crippen molar-refractivity contribution in [2.45, 2.75) is 13.5 Å². The first-order chi connectivity index (χ1) is 15.9. The van der Waals surface area contributed by atoms with E-state index >= 15 is 0 Å². The molecule has 0 saturated heterocycles. The van der Waals surface area contributed by atoms with Gasteiger partial charge >= 0.3 is 0 Å². The Morgan fingerprint density at radius 2 is 1.67 bits per heavy atom. The van der Waals surface area contributed by atoms with Gasteiger partial charge in [0, 0.05) is 23.3 Å². The highest BCUT2D eigenvalue weighted by Gasteiger charge is 2.32. The van der Waals surface area contributed by atoms with Crippen molar-refractivity contribution in [1.29, 1.82) is 0 Å². The molecule has 3 aromatic rings. The molecule has 7 nitrogen and oxygen atoms in total. The Morgan fingerprint density at radius 3 is 2.30 bits per heavy atom. The second-order valence-electron chi connectivity index (χ2n) is 7.24. The zero-order chi connectivity index (χ0) is 23.5. The highest BCUT2D eigenvalue weighted by atomic mass is 79.9. The molecule has 0 amide bonds. The van der Waals surface area contributed by atoms with Gasteiger partial charge in [-0.1, -0.05) is 36.4 Å². The van der Waals surface area contributed by atoms with Crippen LogP contribution in [0.2, 0.25) is 0 Å². The van der Waals surface area contributed by atoms with Gasteiger partial charge in [0.25, 0.3) is 5.69 Å². The predicted octanol–water partition coefficient (Wildman–Crippen LogP) is 5.80. The molecule has 0 aliphatic heterocycles. The summed E-state index contributed by atoms with van der Waals surface area (Å²) in [5, 5.41) is 11.0. The zero-order valence-electron chi connectivity index (χ0n) is 17.5. The molecule has 33 heavy (non-hydrogen) atoms. The van der Waals surface area contributed by atoms with Crippen LogP contribution in [0.1, 0.15) is 38.8 Å². The second kappa shape index (κ2) is 9.38. The maximum Gasteiger partial charge on any atom is 0.269 e. The number of halogens is 1. The standard InChI is InChI=1S/C25H18BrNO6/c1-2-32-22-13-16(11-20-23(28)18-8-3-4-9-19(18)24(20)29)12-21(26)25(22)33-14-15-6-5-7-17(10-15)27(30)31/h3-13H,2,14H2,1H3. The van der Waals surface area contributed by atoms with Crippen LogP contribution in [-0.2, 0) is 6.61 Å². The third kappa shape index (κ3) is 4.56. The van der Waals surface area contributed by atoms with Crippen molar-refractivity contribution < 1.29 is 24.0 Å². The van der Waals surface area contributed by atoms with Gasteiger partial charge < -0.3 is 9.47 Å². The van der Waals surface area contributed by atoms with Crippen molar-refractivity contribution in [2.24, 2.45) is 0 Å². The zero-order valence-corrected chi connectivity index (χ0v) is 19.1. The normalized spacial score (nSPS) is 12.5. The summed E-state index contributed by atoms with van der Waals surface area (Å²) in [6, 6.07) is 16.3. The van der Waals surface area contributed by atoms with Gasteiger partial charge in [-0.2, -0.15) is 0 Å². The van der Waals surface area contributed by atoms with Gasteiger partial charge in [0.2, 0.25) is 0 Å². The number of nitro groups is 1. The molecule has 0 fully saturated rings. The van der Waals surface area contributed by atoms with E-state index in [0.29, 0.717) is 44.8 Å². The lowest BCUT2D eigenvalue weighted by molar-refractivity contribution is -0.384. The number of nitrogens with zero attached hydrogens (tertiary/aromatic N) is 1. The van der Waals surface area contributed by atoms with Crippen LogP contribution in [0.15, 0.2) is 70.7 Å². The van der Waals surface area contributed by atoms with Gasteiger partial charge in [-0.3, -0.25) is 19.7 Å². The van der Waals surface area contributed by atoms with Crippen LogP contribution in [-0.4, -0.2) is 23.1 Å². The number of ether oxygens (including phenoxy) is 2. The number of Topliss-reactive ketones (excluding diaryl/α,β-unsaturated/α-hetero) is 2. The lowest BCUT2D eigenvalue weighted by Crippen LogP contribution is -2.03. The van der Waals surface area contributed by atoms with Crippen molar-refractivity contribution in [1.82, 2.24) is 0 Å². The third-order valence-corrected chi connectivity index (χ3v) is 5.64. The number of carbonyl (C=O) groups is 2. The second-order valence-corrected chi connectivity index (χ2v) is 8.09. The van der Waals surface area contributed by atoms with E-state index in [1.54, 1.807) is 54.6 Å². The lowest BCUT2D eigenvalue weighted by atomic mass is 10.1. The first-order valence-electron chi connectivity index (χ1n) is 10.1. The fraction of sp³-hybridized carbons (Fsp3) is 0.120. The average Bonchev–Trinajstić information content (AvgIpc) is 3.04. The number of nitro benzene ring substituents is 1. The number of non-ortho nitro benzene ring substituents is 1. The smallest absolute Gasteiger partial charge is 0.269 e. The molecule has 1 aliphatic rings. The van der Waals surface area contributed by atoms with E-state index in [1.165, 1.54) is 12.1 Å². The van der Waals surface area contributed by atoms with Crippen molar-refractivity contribution in [3.8, 4) is 11.5 Å². The topological polar surface area (TPSA) is 95.7 Å². The van der Waals surface area contributed by atoms with Gasteiger partial charge in [-0.15, -0.1) is 0 Å². The van der Waals surface area contributed by atoms with Crippen LogP contribution < -0.4 is 9.47 Å². The Labute approximate surface area is 197 Å². The molecule has 4 rings (SSSR count). The minimum atomic E-state index is -0.461. The van der Waals surface area contributed by atoms with Gasteiger partial charge in [-0.05, 0) is 52.2 Å². The molecular weight excluding hydrogens is 490 g/mol. The number of fused-ring (bicyclic) bond motifs is 1. The highest BCUT2D eigenvalue weighted by molar-refractivity contribution is 9.10. The summed E-state index contributed by atoms with van der Waals surface area (Å²) in [5.41, 5.74) is 2.09. The van der Waals surface area contributed by atoms with Gasteiger partial charge in [-0.25, -0.2) is 0 Å². The molecule has 0 spiro atoms. The van der Waals surface area contributed by atoms with Gasteiger partial charge in [0.1, 0.15) is 6.61 Å². The third-order valence-electron chi connectivity index (χ3n) is 5.05. The quantitative estimate of drug-likeness (QED) is 0.173. The van der Waals surface area contributed by atoms with E-state index in [-0.39, 0.29) is 29.4 Å². The molecule has 1 aliphatic carbocycles. The number of hydrogen-bond acceptors (Lipinski definition) is 6. The van der Waals surface area contributed by atoms with Crippen LogP contribution in [0.3, 0.4) is 0 Å². The molecule has 0 N–H and O–H groups in total.